The zero-order valence-electron chi connectivity index (χ0n) is 13.3. The molecule has 130 valence electrons. The second kappa shape index (κ2) is 7.89. The van der Waals surface area contributed by atoms with Crippen molar-refractivity contribution in [2.75, 3.05) is 13.2 Å². The fourth-order valence-electron chi connectivity index (χ4n) is 2.23. The summed E-state index contributed by atoms with van der Waals surface area (Å²) in [5, 5.41) is 4.45. The second-order valence-electron chi connectivity index (χ2n) is 5.30. The third kappa shape index (κ3) is 4.21. The van der Waals surface area contributed by atoms with Gasteiger partial charge in [-0.1, -0.05) is 0 Å². The minimum atomic E-state index is -0.433. The van der Waals surface area contributed by atoms with Crippen LogP contribution in [0.15, 0.2) is 46.8 Å². The van der Waals surface area contributed by atoms with Crippen LogP contribution >= 0.6 is 11.3 Å². The van der Waals surface area contributed by atoms with Crippen LogP contribution < -0.4 is 15.6 Å². The van der Waals surface area contributed by atoms with Crippen molar-refractivity contribution in [3.05, 3.63) is 63.8 Å². The van der Waals surface area contributed by atoms with Crippen molar-refractivity contribution in [3.63, 3.8) is 0 Å². The molecule has 1 amide bonds. The first kappa shape index (κ1) is 17.1. The lowest BCUT2D eigenvalue weighted by Crippen LogP contribution is -2.31. The molecule has 0 aliphatic heterocycles. The van der Waals surface area contributed by atoms with Crippen molar-refractivity contribution < 1.29 is 13.9 Å². The van der Waals surface area contributed by atoms with Gasteiger partial charge in [0.2, 0.25) is 0 Å². The third-order valence-corrected chi connectivity index (χ3v) is 4.30. The maximum absolute atomic E-state index is 12.8. The summed E-state index contributed by atoms with van der Waals surface area (Å²) in [6.07, 6.45) is 4.32. The molecule has 0 bridgehead atoms. The number of nitrogens with one attached hydrogen (secondary N) is 1. The number of fused-ring (bicyclic) bond motifs is 1. The van der Waals surface area contributed by atoms with Gasteiger partial charge in [0.1, 0.15) is 17.1 Å². The van der Waals surface area contributed by atoms with Crippen molar-refractivity contribution in [2.45, 2.75) is 12.8 Å². The molecule has 3 aromatic rings. The fourth-order valence-corrected chi connectivity index (χ4v) is 2.90. The summed E-state index contributed by atoms with van der Waals surface area (Å²) in [4.78, 5) is 28.9. The molecule has 0 saturated heterocycles. The van der Waals surface area contributed by atoms with Crippen LogP contribution in [-0.2, 0) is 0 Å². The van der Waals surface area contributed by atoms with E-state index >= 15 is 0 Å². The Morgan fingerprint density at radius 3 is 2.88 bits per heavy atom. The number of amides is 1. The molecular weight excluding hydrogens is 345 g/mol. The number of carbonyl (C=O) groups is 1. The van der Waals surface area contributed by atoms with E-state index in [2.05, 4.69) is 10.3 Å². The van der Waals surface area contributed by atoms with Crippen LogP contribution in [0.25, 0.3) is 4.96 Å². The van der Waals surface area contributed by atoms with Gasteiger partial charge in [0.05, 0.1) is 6.61 Å². The SMILES string of the molecule is O=C(NCCCCOc1ccc(F)cc1)c1cnc2sccn2c1=O. The van der Waals surface area contributed by atoms with E-state index in [9.17, 15) is 14.0 Å². The number of nitrogens with zero attached hydrogens (tertiary/aromatic N) is 2. The fraction of sp³-hybridized carbons (Fsp3) is 0.235. The zero-order chi connectivity index (χ0) is 17.6. The summed E-state index contributed by atoms with van der Waals surface area (Å²) in [7, 11) is 0. The maximum atomic E-state index is 12.8. The van der Waals surface area contributed by atoms with Crippen LogP contribution in [0, 0.1) is 5.82 Å². The van der Waals surface area contributed by atoms with Gasteiger partial charge in [0.25, 0.3) is 11.5 Å². The number of hydrogen-bond acceptors (Lipinski definition) is 5. The smallest absolute Gasteiger partial charge is 0.271 e. The standard InChI is InChI=1S/C17H16FN3O3S/c18-12-3-5-13(6-4-12)24-9-2-1-7-19-15(22)14-11-20-17-21(16(14)23)8-10-25-17/h3-6,8,10-11H,1-2,7,9H2,(H,19,22). The number of hydrogen-bond donors (Lipinski definition) is 1. The third-order valence-electron chi connectivity index (χ3n) is 3.53. The highest BCUT2D eigenvalue weighted by Crippen LogP contribution is 2.11. The number of carbonyl (C=O) groups excluding carboxylic acids is 1. The van der Waals surface area contributed by atoms with E-state index in [1.807, 2.05) is 0 Å². The van der Waals surface area contributed by atoms with Crippen LogP contribution in [0.5, 0.6) is 5.75 Å². The van der Waals surface area contributed by atoms with Gasteiger partial charge in [-0.25, -0.2) is 9.37 Å². The molecule has 0 spiro atoms. The van der Waals surface area contributed by atoms with Gasteiger partial charge in [-0.15, -0.1) is 11.3 Å². The highest BCUT2D eigenvalue weighted by Gasteiger charge is 2.13. The summed E-state index contributed by atoms with van der Waals surface area (Å²) in [5.41, 5.74) is -0.346. The van der Waals surface area contributed by atoms with Crippen molar-refractivity contribution >= 4 is 22.2 Å². The van der Waals surface area contributed by atoms with E-state index < -0.39 is 5.91 Å². The molecule has 8 heteroatoms. The molecule has 6 nitrogen and oxygen atoms in total. The summed E-state index contributed by atoms with van der Waals surface area (Å²) in [5.74, 6) is -0.132. The van der Waals surface area contributed by atoms with Gasteiger partial charge in [-0.2, -0.15) is 0 Å². The zero-order valence-corrected chi connectivity index (χ0v) is 14.1. The monoisotopic (exact) mass is 361 g/mol. The molecule has 0 atom stereocenters. The first-order valence-corrected chi connectivity index (χ1v) is 8.64. The number of thiazole rings is 1. The van der Waals surface area contributed by atoms with E-state index in [1.165, 1.54) is 34.1 Å². The highest BCUT2D eigenvalue weighted by atomic mass is 32.1. The Labute approximate surface area is 146 Å². The van der Waals surface area contributed by atoms with Gasteiger partial charge in [-0.05, 0) is 37.1 Å². The number of unbranched alkanes of at least 4 members (excludes halogenated alkanes) is 1. The van der Waals surface area contributed by atoms with E-state index in [0.29, 0.717) is 30.3 Å². The predicted octanol–water partition coefficient (Wildman–Crippen LogP) is 2.48. The molecule has 0 unspecified atom stereocenters. The minimum Gasteiger partial charge on any atom is -0.494 e. The van der Waals surface area contributed by atoms with Crippen molar-refractivity contribution in [1.82, 2.24) is 14.7 Å². The van der Waals surface area contributed by atoms with Crippen molar-refractivity contribution in [2.24, 2.45) is 0 Å². The molecular formula is C17H16FN3O3S. The average molecular weight is 361 g/mol. The van der Waals surface area contributed by atoms with E-state index in [-0.39, 0.29) is 16.9 Å². The number of halogens is 1. The van der Waals surface area contributed by atoms with E-state index in [4.69, 9.17) is 4.74 Å². The normalized spacial score (nSPS) is 10.8. The van der Waals surface area contributed by atoms with Crippen molar-refractivity contribution in [1.29, 1.82) is 0 Å². The van der Waals surface area contributed by atoms with E-state index in [0.717, 1.165) is 6.42 Å². The molecule has 0 fully saturated rings. The quantitative estimate of drug-likeness (QED) is 0.656. The Morgan fingerprint density at radius 1 is 1.28 bits per heavy atom. The van der Waals surface area contributed by atoms with Crippen LogP contribution in [0.2, 0.25) is 0 Å². The lowest BCUT2D eigenvalue weighted by atomic mass is 10.3. The number of ether oxygens (including phenoxy) is 1. The van der Waals surface area contributed by atoms with Gasteiger partial charge >= 0.3 is 0 Å². The molecule has 0 aliphatic carbocycles. The first-order chi connectivity index (χ1) is 12.1. The highest BCUT2D eigenvalue weighted by molar-refractivity contribution is 7.15. The summed E-state index contributed by atoms with van der Waals surface area (Å²) < 4.78 is 19.6. The van der Waals surface area contributed by atoms with Gasteiger partial charge < -0.3 is 10.1 Å². The Bertz CT molecular complexity index is 921. The topological polar surface area (TPSA) is 72.7 Å². The molecule has 2 heterocycles. The van der Waals surface area contributed by atoms with Crippen molar-refractivity contribution in [3.8, 4) is 5.75 Å². The predicted molar refractivity (Wildman–Crippen MR) is 92.8 cm³/mol. The molecule has 1 N–H and O–H groups in total. The molecule has 3 rings (SSSR count). The van der Waals surface area contributed by atoms with E-state index in [1.54, 1.807) is 23.7 Å². The van der Waals surface area contributed by atoms with Gasteiger partial charge in [0, 0.05) is 24.3 Å². The van der Waals surface area contributed by atoms with Gasteiger partial charge in [0.15, 0.2) is 4.96 Å². The van der Waals surface area contributed by atoms with Gasteiger partial charge in [-0.3, -0.25) is 14.0 Å². The Morgan fingerprint density at radius 2 is 2.08 bits per heavy atom. The van der Waals surface area contributed by atoms with Crippen LogP contribution in [-0.4, -0.2) is 28.4 Å². The summed E-state index contributed by atoms with van der Waals surface area (Å²) in [6.45, 7) is 0.893. The molecule has 1 aromatic carbocycles. The minimum absolute atomic E-state index is 0.0264. The lowest BCUT2D eigenvalue weighted by Gasteiger charge is -2.07. The second-order valence-corrected chi connectivity index (χ2v) is 6.17. The van der Waals surface area contributed by atoms with Crippen LogP contribution in [0.3, 0.4) is 0 Å². The first-order valence-electron chi connectivity index (χ1n) is 7.76. The summed E-state index contributed by atoms with van der Waals surface area (Å²) >= 11 is 1.33. The summed E-state index contributed by atoms with van der Waals surface area (Å²) in [6, 6.07) is 5.81. The average Bonchev–Trinajstić information content (AvgIpc) is 3.09. The lowest BCUT2D eigenvalue weighted by molar-refractivity contribution is 0.0950. The number of rotatable bonds is 7. The Kier molecular flexibility index (Phi) is 5.39. The van der Waals surface area contributed by atoms with Crippen LogP contribution in [0.1, 0.15) is 23.2 Å². The maximum Gasteiger partial charge on any atom is 0.271 e. The molecule has 0 saturated carbocycles. The molecule has 0 aliphatic rings. The number of benzene rings is 1. The van der Waals surface area contributed by atoms with Crippen LogP contribution in [0.4, 0.5) is 4.39 Å². The number of aromatic nitrogens is 2. The largest absolute Gasteiger partial charge is 0.494 e. The Balaban J connectivity index is 1.42. The molecule has 25 heavy (non-hydrogen) atoms. The molecule has 2 aromatic heterocycles. The molecule has 0 radical (unpaired) electrons. The Hall–Kier alpha value is -2.74.